The molecule has 2 aromatic heterocycles. The molecule has 4 aromatic rings. The van der Waals surface area contributed by atoms with Crippen LogP contribution in [-0.4, -0.2) is 35.2 Å². The van der Waals surface area contributed by atoms with E-state index in [1.807, 2.05) is 40.5 Å². The highest BCUT2D eigenvalue weighted by atomic mass is 32.1. The lowest BCUT2D eigenvalue weighted by atomic mass is 9.95. The molecule has 0 unspecified atom stereocenters. The quantitative estimate of drug-likeness (QED) is 0.284. The number of fused-ring (bicyclic) bond motifs is 5. The molecule has 0 spiro atoms. The molecule has 0 saturated carbocycles. The summed E-state index contributed by atoms with van der Waals surface area (Å²) in [5.74, 6) is 0.356. The molecule has 1 atom stereocenters. The number of aryl methyl sites for hydroxylation is 1. The predicted molar refractivity (Wildman–Crippen MR) is 152 cm³/mol. The van der Waals surface area contributed by atoms with E-state index in [0.29, 0.717) is 24.4 Å². The summed E-state index contributed by atoms with van der Waals surface area (Å²) in [6.45, 7) is 2.55. The molecule has 0 radical (unpaired) electrons. The van der Waals surface area contributed by atoms with Crippen LogP contribution in [0.15, 0.2) is 66.9 Å². The van der Waals surface area contributed by atoms with Gasteiger partial charge in [0.05, 0.1) is 37.6 Å². The monoisotopic (exact) mass is 541 g/mol. The number of ether oxygens (including phenoxy) is 2. The largest absolute Gasteiger partial charge is 0.497 e. The Kier molecular flexibility index (Phi) is 6.87. The van der Waals surface area contributed by atoms with Gasteiger partial charge < -0.3 is 24.3 Å². The Morgan fingerprint density at radius 1 is 1.03 bits per heavy atom. The Bertz CT molecular complexity index is 1520. The summed E-state index contributed by atoms with van der Waals surface area (Å²) in [6.07, 6.45) is 6.63. The summed E-state index contributed by atoms with van der Waals surface area (Å²) in [5.41, 5.74) is 5.62. The lowest BCUT2D eigenvalue weighted by Gasteiger charge is -2.31. The second-order valence-corrected chi connectivity index (χ2v) is 10.9. The van der Waals surface area contributed by atoms with E-state index in [1.54, 1.807) is 38.3 Å². The fourth-order valence-electron chi connectivity index (χ4n) is 5.66. The second kappa shape index (κ2) is 10.6. The zero-order valence-corrected chi connectivity index (χ0v) is 22.9. The summed E-state index contributed by atoms with van der Waals surface area (Å²) in [5, 5.41) is 4.28. The second-order valence-electron chi connectivity index (χ2n) is 9.83. The normalized spacial score (nSPS) is 15.9. The number of amides is 2. The van der Waals surface area contributed by atoms with Crippen molar-refractivity contribution in [1.82, 2.24) is 9.47 Å². The highest BCUT2D eigenvalue weighted by Gasteiger charge is 2.36. The van der Waals surface area contributed by atoms with E-state index in [4.69, 9.17) is 9.47 Å². The minimum absolute atomic E-state index is 0.229. The van der Waals surface area contributed by atoms with Crippen LogP contribution in [0.5, 0.6) is 5.75 Å². The van der Waals surface area contributed by atoms with Gasteiger partial charge in [0.25, 0.3) is 0 Å². The Labute approximate surface area is 232 Å². The van der Waals surface area contributed by atoms with Gasteiger partial charge in [0, 0.05) is 22.3 Å². The number of benzene rings is 2. The number of carbonyl (C=O) groups is 2. The number of methoxy groups -OCH3 is 1. The van der Waals surface area contributed by atoms with Crippen LogP contribution in [0.3, 0.4) is 0 Å². The molecule has 200 valence electrons. The molecule has 1 N–H and O–H groups in total. The van der Waals surface area contributed by atoms with Crippen LogP contribution < -0.4 is 10.1 Å². The number of thiophene rings is 1. The Morgan fingerprint density at radius 3 is 2.64 bits per heavy atom. The van der Waals surface area contributed by atoms with Crippen molar-refractivity contribution >= 4 is 29.0 Å². The highest BCUT2D eigenvalue weighted by molar-refractivity contribution is 7.15. The van der Waals surface area contributed by atoms with Crippen LogP contribution in [0.1, 0.15) is 63.4 Å². The highest BCUT2D eigenvalue weighted by Crippen LogP contribution is 2.44. The van der Waals surface area contributed by atoms with Gasteiger partial charge in [0.15, 0.2) is 0 Å². The number of aromatic nitrogens is 1. The molecule has 3 heterocycles. The Balaban J connectivity index is 1.43. The number of nitrogens with zero attached hydrogens (tertiary/aromatic N) is 2. The van der Waals surface area contributed by atoms with E-state index in [9.17, 15) is 9.59 Å². The first-order valence-electron chi connectivity index (χ1n) is 13.4. The van der Waals surface area contributed by atoms with Gasteiger partial charge >= 0.3 is 12.0 Å². The van der Waals surface area contributed by atoms with Crippen LogP contribution in [0.4, 0.5) is 10.5 Å². The number of hydrogen-bond donors (Lipinski definition) is 1. The minimum Gasteiger partial charge on any atom is -0.497 e. The number of nitrogens with one attached hydrogen (secondary N) is 1. The molecule has 2 aliphatic rings. The van der Waals surface area contributed by atoms with Crippen LogP contribution in [0.25, 0.3) is 5.00 Å². The molecular formula is C31H31N3O4S. The number of hydrogen-bond acceptors (Lipinski definition) is 5. The molecule has 7 nitrogen and oxygen atoms in total. The molecule has 1 aliphatic heterocycles. The summed E-state index contributed by atoms with van der Waals surface area (Å²) in [6, 6.07) is 18.4. The first-order chi connectivity index (χ1) is 19.1. The minimum atomic E-state index is -0.410. The van der Waals surface area contributed by atoms with Gasteiger partial charge in [0.2, 0.25) is 0 Å². The molecule has 39 heavy (non-hydrogen) atoms. The molecule has 0 bridgehead atoms. The third-order valence-corrected chi connectivity index (χ3v) is 8.83. The fourth-order valence-corrected chi connectivity index (χ4v) is 7.06. The maximum atomic E-state index is 14.1. The predicted octanol–water partition coefficient (Wildman–Crippen LogP) is 6.74. The van der Waals surface area contributed by atoms with E-state index in [1.165, 1.54) is 33.8 Å². The number of rotatable bonds is 5. The van der Waals surface area contributed by atoms with Gasteiger partial charge in [-0.2, -0.15) is 0 Å². The van der Waals surface area contributed by atoms with Gasteiger partial charge in [-0.25, -0.2) is 9.59 Å². The zero-order chi connectivity index (χ0) is 26.9. The summed E-state index contributed by atoms with van der Waals surface area (Å²) >= 11 is 1.86. The van der Waals surface area contributed by atoms with Gasteiger partial charge in [-0.15, -0.1) is 11.3 Å². The van der Waals surface area contributed by atoms with Crippen molar-refractivity contribution < 1.29 is 19.1 Å². The lowest BCUT2D eigenvalue weighted by Crippen LogP contribution is -2.38. The first kappa shape index (κ1) is 25.2. The molecular weight excluding hydrogens is 510 g/mol. The molecule has 1 aliphatic carbocycles. The Hall–Kier alpha value is -4.04. The molecule has 0 saturated heterocycles. The number of urea groups is 1. The van der Waals surface area contributed by atoms with Gasteiger partial charge in [-0.1, -0.05) is 18.2 Å². The van der Waals surface area contributed by atoms with E-state index in [-0.39, 0.29) is 12.1 Å². The zero-order valence-electron chi connectivity index (χ0n) is 22.1. The number of carbonyl (C=O) groups excluding carboxylic acids is 2. The molecule has 8 heteroatoms. The summed E-state index contributed by atoms with van der Waals surface area (Å²) in [7, 11) is 1.65. The van der Waals surface area contributed by atoms with Gasteiger partial charge in [0.1, 0.15) is 10.8 Å². The topological polar surface area (TPSA) is 72.8 Å². The van der Waals surface area contributed by atoms with Crippen molar-refractivity contribution in [1.29, 1.82) is 0 Å². The average molecular weight is 542 g/mol. The van der Waals surface area contributed by atoms with Crippen molar-refractivity contribution in [2.75, 3.05) is 19.0 Å². The molecule has 0 fully saturated rings. The SMILES string of the molecule is CCOC(=O)c1cccc(NC(=O)N2Cc3c(sc4c3CCCC4)-n3cccc3[C@H]2c2ccc(OC)cc2)c1. The van der Waals surface area contributed by atoms with Crippen molar-refractivity contribution in [3.8, 4) is 10.8 Å². The van der Waals surface area contributed by atoms with Crippen molar-refractivity contribution in [3.05, 3.63) is 99.7 Å². The third-order valence-electron chi connectivity index (χ3n) is 7.50. The average Bonchev–Trinajstić information content (AvgIpc) is 3.55. The van der Waals surface area contributed by atoms with E-state index < -0.39 is 5.97 Å². The van der Waals surface area contributed by atoms with E-state index in [0.717, 1.165) is 29.8 Å². The van der Waals surface area contributed by atoms with Crippen LogP contribution in [-0.2, 0) is 24.1 Å². The smallest absolute Gasteiger partial charge is 0.338 e. The summed E-state index contributed by atoms with van der Waals surface area (Å²) in [4.78, 5) is 29.8. The van der Waals surface area contributed by atoms with Crippen LogP contribution in [0, 0.1) is 0 Å². The Morgan fingerprint density at radius 2 is 1.85 bits per heavy atom. The lowest BCUT2D eigenvalue weighted by molar-refractivity contribution is 0.0526. The fraction of sp³-hybridized carbons (Fsp3) is 0.290. The van der Waals surface area contributed by atoms with Crippen molar-refractivity contribution in [3.63, 3.8) is 0 Å². The third kappa shape index (κ3) is 4.69. The standard InChI is InChI=1S/C31H31N3O4S/c1-3-38-30(35)21-8-6-9-22(18-21)32-31(36)34-19-25-24-10-4-5-12-27(24)39-29(25)33-17-7-11-26(33)28(34)20-13-15-23(37-2)16-14-20/h6-9,11,13-18,28H,3-5,10,12,19H2,1-2H3,(H,32,36)/t28-/m1/s1. The summed E-state index contributed by atoms with van der Waals surface area (Å²) < 4.78 is 12.8. The van der Waals surface area contributed by atoms with E-state index in [2.05, 4.69) is 28.2 Å². The molecule has 2 amide bonds. The molecule has 6 rings (SSSR count). The number of esters is 1. The molecule has 2 aromatic carbocycles. The number of anilines is 1. The first-order valence-corrected chi connectivity index (χ1v) is 14.2. The van der Waals surface area contributed by atoms with Crippen LogP contribution >= 0.6 is 11.3 Å². The van der Waals surface area contributed by atoms with Crippen LogP contribution in [0.2, 0.25) is 0 Å². The maximum absolute atomic E-state index is 14.1. The van der Waals surface area contributed by atoms with E-state index >= 15 is 0 Å². The van der Waals surface area contributed by atoms with Crippen molar-refractivity contribution in [2.24, 2.45) is 0 Å². The van der Waals surface area contributed by atoms with Gasteiger partial charge in [-0.05, 0) is 86.2 Å². The maximum Gasteiger partial charge on any atom is 0.338 e. The van der Waals surface area contributed by atoms with Crippen molar-refractivity contribution in [2.45, 2.75) is 45.2 Å². The van der Waals surface area contributed by atoms with Gasteiger partial charge in [-0.3, -0.25) is 0 Å².